The second-order valence-electron chi connectivity index (χ2n) is 24.9. The third-order valence-electron chi connectivity index (χ3n) is 16.7. The van der Waals surface area contributed by atoms with Crippen molar-refractivity contribution in [2.45, 2.75) is 419 Å². The first-order valence-corrected chi connectivity index (χ1v) is 36.3. The van der Waals surface area contributed by atoms with Crippen LogP contribution >= 0.6 is 0 Å². The average molecular weight is 1130 g/mol. The molecular weight excluding hydrogens is 985 g/mol. The predicted octanol–water partition coefficient (Wildman–Crippen LogP) is 25.0. The number of esters is 3. The Morgan fingerprint density at radius 1 is 0.250 bits per heavy atom. The van der Waals surface area contributed by atoms with Crippen LogP contribution < -0.4 is 0 Å². The van der Waals surface area contributed by atoms with Crippen molar-refractivity contribution in [3.8, 4) is 0 Å². The number of ether oxygens (including phenoxy) is 3. The van der Waals surface area contributed by atoms with E-state index < -0.39 is 6.10 Å². The lowest BCUT2D eigenvalue weighted by molar-refractivity contribution is -0.167. The molecule has 0 aromatic carbocycles. The third kappa shape index (κ3) is 66.7. The number of carbonyl (C=O) groups excluding carboxylic acids is 3. The standard InChI is InChI=1S/C74H140O6/c1-4-7-10-13-16-19-22-25-28-30-32-34-36-37-39-40-42-44-46-49-52-55-58-61-64-67-73(76)79-70-71(69-78-72(75)66-63-60-57-54-51-48-27-24-21-18-15-12-9-6-3)80-74(77)68-65-62-59-56-53-50-47-45-43-41-38-35-33-31-29-26-23-20-17-14-11-8-5-2/h22,25,30,32,71H,4-21,23-24,26-29,31,33-70H2,1-3H3/b25-22-,32-30-. The maximum Gasteiger partial charge on any atom is 0.306 e. The van der Waals surface area contributed by atoms with E-state index in [-0.39, 0.29) is 31.1 Å². The highest BCUT2D eigenvalue weighted by molar-refractivity contribution is 5.71. The lowest BCUT2D eigenvalue weighted by Gasteiger charge is -2.18. The van der Waals surface area contributed by atoms with Crippen LogP contribution in [0.5, 0.6) is 0 Å². The first-order chi connectivity index (χ1) is 39.5. The minimum absolute atomic E-state index is 0.0640. The van der Waals surface area contributed by atoms with E-state index >= 15 is 0 Å². The fourth-order valence-corrected chi connectivity index (χ4v) is 11.2. The number of hydrogen-bond donors (Lipinski definition) is 0. The van der Waals surface area contributed by atoms with E-state index in [2.05, 4.69) is 45.1 Å². The molecule has 0 heterocycles. The van der Waals surface area contributed by atoms with Gasteiger partial charge in [0.1, 0.15) is 13.2 Å². The van der Waals surface area contributed by atoms with Gasteiger partial charge in [0.05, 0.1) is 0 Å². The molecule has 0 aliphatic carbocycles. The van der Waals surface area contributed by atoms with Gasteiger partial charge in [-0.2, -0.15) is 0 Å². The van der Waals surface area contributed by atoms with Crippen LogP contribution in [0.25, 0.3) is 0 Å². The van der Waals surface area contributed by atoms with Gasteiger partial charge in [0.15, 0.2) is 6.10 Å². The lowest BCUT2D eigenvalue weighted by atomic mass is 10.0. The van der Waals surface area contributed by atoms with E-state index in [1.807, 2.05) is 0 Å². The SMILES string of the molecule is CCCCCCC/C=C\C/C=C\CCCCCCCCCCCCCCCC(=O)OCC(COC(=O)CCCCCCCCCCCCCCCC)OC(=O)CCCCCCCCCCCCCCCCCCCCCCCCC. The molecule has 6 nitrogen and oxygen atoms in total. The van der Waals surface area contributed by atoms with Crippen LogP contribution in [0.4, 0.5) is 0 Å². The molecule has 0 amide bonds. The van der Waals surface area contributed by atoms with Crippen molar-refractivity contribution in [3.05, 3.63) is 24.3 Å². The van der Waals surface area contributed by atoms with Gasteiger partial charge in [-0.15, -0.1) is 0 Å². The molecule has 0 aliphatic rings. The highest BCUT2D eigenvalue weighted by Crippen LogP contribution is 2.19. The van der Waals surface area contributed by atoms with E-state index in [1.165, 1.54) is 308 Å². The van der Waals surface area contributed by atoms with Crippen LogP contribution in [-0.4, -0.2) is 37.2 Å². The summed E-state index contributed by atoms with van der Waals surface area (Å²) in [6.07, 6.45) is 85.0. The van der Waals surface area contributed by atoms with Gasteiger partial charge in [-0.3, -0.25) is 14.4 Å². The summed E-state index contributed by atoms with van der Waals surface area (Å²) in [7, 11) is 0. The van der Waals surface area contributed by atoms with Crippen molar-refractivity contribution in [1.29, 1.82) is 0 Å². The maximum atomic E-state index is 13.0. The summed E-state index contributed by atoms with van der Waals surface area (Å²) >= 11 is 0. The minimum atomic E-state index is -0.768. The van der Waals surface area contributed by atoms with Crippen LogP contribution in [0.3, 0.4) is 0 Å². The normalized spacial score (nSPS) is 12.1. The van der Waals surface area contributed by atoms with E-state index in [0.717, 1.165) is 64.2 Å². The molecule has 0 radical (unpaired) electrons. The molecule has 0 aromatic rings. The van der Waals surface area contributed by atoms with Crippen molar-refractivity contribution >= 4 is 17.9 Å². The van der Waals surface area contributed by atoms with E-state index in [9.17, 15) is 14.4 Å². The Balaban J connectivity index is 4.23. The molecule has 0 spiro atoms. The largest absolute Gasteiger partial charge is 0.462 e. The molecule has 1 atom stereocenters. The Morgan fingerprint density at radius 2 is 0.450 bits per heavy atom. The minimum Gasteiger partial charge on any atom is -0.462 e. The highest BCUT2D eigenvalue weighted by atomic mass is 16.6. The molecule has 472 valence electrons. The molecule has 0 N–H and O–H groups in total. The van der Waals surface area contributed by atoms with Gasteiger partial charge < -0.3 is 14.2 Å². The zero-order valence-electron chi connectivity index (χ0n) is 54.4. The molecule has 1 unspecified atom stereocenters. The van der Waals surface area contributed by atoms with E-state index in [0.29, 0.717) is 19.3 Å². The molecule has 0 bridgehead atoms. The average Bonchev–Trinajstić information content (AvgIpc) is 3.46. The zero-order valence-corrected chi connectivity index (χ0v) is 54.4. The zero-order chi connectivity index (χ0) is 57.8. The summed E-state index contributed by atoms with van der Waals surface area (Å²) in [5, 5.41) is 0. The molecule has 0 rings (SSSR count). The van der Waals surface area contributed by atoms with E-state index in [1.54, 1.807) is 0 Å². The Hall–Kier alpha value is -2.11. The van der Waals surface area contributed by atoms with Crippen molar-refractivity contribution in [1.82, 2.24) is 0 Å². The number of rotatable bonds is 68. The second-order valence-corrected chi connectivity index (χ2v) is 24.9. The fraction of sp³-hybridized carbons (Fsp3) is 0.905. The van der Waals surface area contributed by atoms with Gasteiger partial charge in [-0.1, -0.05) is 366 Å². The fourth-order valence-electron chi connectivity index (χ4n) is 11.2. The van der Waals surface area contributed by atoms with Gasteiger partial charge in [-0.25, -0.2) is 0 Å². The highest BCUT2D eigenvalue weighted by Gasteiger charge is 2.19. The molecule has 0 fully saturated rings. The van der Waals surface area contributed by atoms with Crippen LogP contribution in [0.1, 0.15) is 412 Å². The first-order valence-electron chi connectivity index (χ1n) is 36.3. The Labute approximate surface area is 500 Å². The summed E-state index contributed by atoms with van der Waals surface area (Å²) in [4.78, 5) is 38.5. The van der Waals surface area contributed by atoms with Gasteiger partial charge in [0.25, 0.3) is 0 Å². The summed E-state index contributed by atoms with van der Waals surface area (Å²) in [5.74, 6) is -0.829. The van der Waals surface area contributed by atoms with Gasteiger partial charge >= 0.3 is 17.9 Å². The smallest absolute Gasteiger partial charge is 0.306 e. The van der Waals surface area contributed by atoms with Crippen molar-refractivity contribution in [2.75, 3.05) is 13.2 Å². The van der Waals surface area contributed by atoms with Gasteiger partial charge in [-0.05, 0) is 51.4 Å². The van der Waals surface area contributed by atoms with Crippen molar-refractivity contribution < 1.29 is 28.6 Å². The van der Waals surface area contributed by atoms with Crippen molar-refractivity contribution in [3.63, 3.8) is 0 Å². The van der Waals surface area contributed by atoms with Crippen molar-refractivity contribution in [2.24, 2.45) is 0 Å². The summed E-state index contributed by atoms with van der Waals surface area (Å²) in [6, 6.07) is 0. The maximum absolute atomic E-state index is 13.0. The quantitative estimate of drug-likeness (QED) is 0.0261. The first kappa shape index (κ1) is 77.9. The van der Waals surface area contributed by atoms with Gasteiger partial charge in [0, 0.05) is 19.3 Å². The van der Waals surface area contributed by atoms with Crippen LogP contribution in [0, 0.1) is 0 Å². The molecule has 80 heavy (non-hydrogen) atoms. The predicted molar refractivity (Wildman–Crippen MR) is 349 cm³/mol. The Bertz CT molecular complexity index is 1290. The summed E-state index contributed by atoms with van der Waals surface area (Å²) in [6.45, 7) is 6.72. The molecular formula is C74H140O6. The van der Waals surface area contributed by atoms with Crippen LogP contribution in [0.15, 0.2) is 24.3 Å². The molecule has 0 saturated heterocycles. The molecule has 6 heteroatoms. The Kier molecular flexibility index (Phi) is 67.6. The van der Waals surface area contributed by atoms with Crippen LogP contribution in [-0.2, 0) is 28.6 Å². The van der Waals surface area contributed by atoms with Gasteiger partial charge in [0.2, 0.25) is 0 Å². The molecule has 0 aliphatic heterocycles. The second kappa shape index (κ2) is 69.4. The topological polar surface area (TPSA) is 78.9 Å². The number of unbranched alkanes of at least 4 members (excludes halogenated alkanes) is 53. The molecule has 0 saturated carbocycles. The number of carbonyl (C=O) groups is 3. The number of hydrogen-bond acceptors (Lipinski definition) is 6. The number of allylic oxidation sites excluding steroid dienone is 4. The summed E-state index contributed by atoms with van der Waals surface area (Å²) < 4.78 is 17.0. The monoisotopic (exact) mass is 1130 g/mol. The summed E-state index contributed by atoms with van der Waals surface area (Å²) in [5.41, 5.74) is 0. The lowest BCUT2D eigenvalue weighted by Crippen LogP contribution is -2.30. The molecule has 0 aromatic heterocycles. The van der Waals surface area contributed by atoms with Crippen LogP contribution in [0.2, 0.25) is 0 Å². The Morgan fingerprint density at radius 3 is 0.688 bits per heavy atom. The third-order valence-corrected chi connectivity index (χ3v) is 16.7. The van der Waals surface area contributed by atoms with E-state index in [4.69, 9.17) is 14.2 Å².